The van der Waals surface area contributed by atoms with Crippen molar-refractivity contribution in [3.8, 4) is 0 Å². The van der Waals surface area contributed by atoms with Gasteiger partial charge in [0, 0.05) is 12.1 Å². The summed E-state index contributed by atoms with van der Waals surface area (Å²) in [4.78, 5) is 0. The molecular weight excluding hydrogens is 237 g/mol. The molecule has 1 unspecified atom stereocenters. The summed E-state index contributed by atoms with van der Waals surface area (Å²) < 4.78 is 12.9. The smallest absolute Gasteiger partial charge is 0.123 e. The predicted molar refractivity (Wildman–Crippen MR) is 78.6 cm³/mol. The zero-order chi connectivity index (χ0) is 13.9. The highest BCUT2D eigenvalue weighted by Crippen LogP contribution is 2.34. The summed E-state index contributed by atoms with van der Waals surface area (Å²) in [6.07, 6.45) is 6.44. The summed E-state index contributed by atoms with van der Waals surface area (Å²) in [5.41, 5.74) is 1.67. The molecule has 0 heterocycles. The second kappa shape index (κ2) is 6.04. The summed E-state index contributed by atoms with van der Waals surface area (Å²) in [6.45, 7) is 6.92. The van der Waals surface area contributed by atoms with Crippen LogP contribution in [0.1, 0.15) is 64.5 Å². The van der Waals surface area contributed by atoms with Crippen molar-refractivity contribution in [3.63, 3.8) is 0 Å². The first-order chi connectivity index (χ1) is 8.96. The number of nitrogens with one attached hydrogen (secondary N) is 1. The zero-order valence-electron chi connectivity index (χ0n) is 12.4. The molecule has 0 aromatic heterocycles. The highest BCUT2D eigenvalue weighted by atomic mass is 19.1. The van der Waals surface area contributed by atoms with Crippen LogP contribution in [-0.4, -0.2) is 6.04 Å². The second-order valence-electron chi connectivity index (χ2n) is 6.73. The number of hydrogen-bond donors (Lipinski definition) is 1. The lowest BCUT2D eigenvalue weighted by molar-refractivity contribution is 0.307. The van der Waals surface area contributed by atoms with Crippen molar-refractivity contribution in [1.29, 1.82) is 0 Å². The average molecular weight is 263 g/mol. The molecule has 1 N–H and O–H groups in total. The lowest BCUT2D eigenvalue weighted by Gasteiger charge is -2.24. The molecule has 0 amide bonds. The van der Waals surface area contributed by atoms with E-state index in [9.17, 15) is 4.39 Å². The largest absolute Gasteiger partial charge is 0.307 e. The summed E-state index contributed by atoms with van der Waals surface area (Å²) >= 11 is 0. The third-order valence-electron chi connectivity index (χ3n) is 4.43. The van der Waals surface area contributed by atoms with E-state index < -0.39 is 0 Å². The fourth-order valence-electron chi connectivity index (χ4n) is 3.03. The van der Waals surface area contributed by atoms with E-state index in [0.29, 0.717) is 17.5 Å². The van der Waals surface area contributed by atoms with Crippen molar-refractivity contribution < 1.29 is 4.39 Å². The molecular formula is C17H26FN. The number of rotatable bonds is 3. The zero-order valence-corrected chi connectivity index (χ0v) is 12.4. The van der Waals surface area contributed by atoms with E-state index in [1.54, 1.807) is 12.1 Å². The van der Waals surface area contributed by atoms with E-state index in [2.05, 4.69) is 26.1 Å². The lowest BCUT2D eigenvalue weighted by atomic mass is 9.85. The normalized spacial score (nSPS) is 24.7. The van der Waals surface area contributed by atoms with Crippen LogP contribution in [0.2, 0.25) is 0 Å². The molecule has 1 aromatic rings. The van der Waals surface area contributed by atoms with Gasteiger partial charge in [-0.25, -0.2) is 4.39 Å². The van der Waals surface area contributed by atoms with Crippen LogP contribution in [-0.2, 0) is 0 Å². The molecule has 0 saturated heterocycles. The van der Waals surface area contributed by atoms with Gasteiger partial charge >= 0.3 is 0 Å². The Hall–Kier alpha value is -0.890. The van der Waals surface area contributed by atoms with Gasteiger partial charge in [-0.1, -0.05) is 32.4 Å². The predicted octanol–water partition coefficient (Wildman–Crippen LogP) is 4.84. The molecule has 2 heteroatoms. The van der Waals surface area contributed by atoms with Gasteiger partial charge in [-0.05, 0) is 55.7 Å². The first kappa shape index (κ1) is 14.5. The third-order valence-corrected chi connectivity index (χ3v) is 4.43. The minimum atomic E-state index is -0.160. The summed E-state index contributed by atoms with van der Waals surface area (Å²) in [5, 5.41) is 3.71. The molecule has 2 atom stereocenters. The molecule has 106 valence electrons. The van der Waals surface area contributed by atoms with Gasteiger partial charge < -0.3 is 5.32 Å². The van der Waals surface area contributed by atoms with Crippen LogP contribution in [0.15, 0.2) is 24.3 Å². The molecule has 0 bridgehead atoms. The highest BCUT2D eigenvalue weighted by Gasteiger charge is 2.25. The number of halogens is 1. The maximum atomic E-state index is 12.9. The molecule has 0 radical (unpaired) electrons. The van der Waals surface area contributed by atoms with E-state index in [0.717, 1.165) is 0 Å². The quantitative estimate of drug-likeness (QED) is 0.770. The fraction of sp³-hybridized carbons (Fsp3) is 0.647. The molecule has 0 spiro atoms. The van der Waals surface area contributed by atoms with E-state index >= 15 is 0 Å². The van der Waals surface area contributed by atoms with E-state index in [1.807, 2.05) is 12.1 Å². The number of hydrogen-bond acceptors (Lipinski definition) is 1. The fourth-order valence-corrected chi connectivity index (χ4v) is 3.03. The average Bonchev–Trinajstić information content (AvgIpc) is 2.52. The molecule has 1 aliphatic carbocycles. The third kappa shape index (κ3) is 4.31. The van der Waals surface area contributed by atoms with Crippen LogP contribution in [0.4, 0.5) is 4.39 Å². The maximum absolute atomic E-state index is 12.9. The maximum Gasteiger partial charge on any atom is 0.123 e. The van der Waals surface area contributed by atoms with Crippen molar-refractivity contribution in [2.45, 2.75) is 65.0 Å². The van der Waals surface area contributed by atoms with Crippen molar-refractivity contribution in [3.05, 3.63) is 35.6 Å². The van der Waals surface area contributed by atoms with Gasteiger partial charge in [-0.15, -0.1) is 0 Å². The second-order valence-corrected chi connectivity index (χ2v) is 6.73. The van der Waals surface area contributed by atoms with E-state index in [4.69, 9.17) is 0 Å². The Morgan fingerprint density at radius 3 is 2.53 bits per heavy atom. The molecule has 0 aliphatic heterocycles. The highest BCUT2D eigenvalue weighted by molar-refractivity contribution is 5.19. The molecule has 1 fully saturated rings. The Bertz CT molecular complexity index is 396. The van der Waals surface area contributed by atoms with Crippen molar-refractivity contribution in [2.24, 2.45) is 5.41 Å². The van der Waals surface area contributed by atoms with Crippen LogP contribution in [0.25, 0.3) is 0 Å². The Morgan fingerprint density at radius 2 is 1.84 bits per heavy atom. The molecule has 2 rings (SSSR count). The summed E-state index contributed by atoms with van der Waals surface area (Å²) in [5.74, 6) is -0.160. The van der Waals surface area contributed by atoms with Gasteiger partial charge in [0.1, 0.15) is 5.82 Å². The summed E-state index contributed by atoms with van der Waals surface area (Å²) in [6, 6.07) is 7.75. The molecule has 1 nitrogen and oxygen atoms in total. The van der Waals surface area contributed by atoms with Crippen LogP contribution in [0.5, 0.6) is 0 Å². The van der Waals surface area contributed by atoms with Crippen molar-refractivity contribution >= 4 is 0 Å². The monoisotopic (exact) mass is 263 g/mol. The van der Waals surface area contributed by atoms with Crippen LogP contribution in [0, 0.1) is 11.2 Å². The summed E-state index contributed by atoms with van der Waals surface area (Å²) in [7, 11) is 0. The number of benzene rings is 1. The minimum absolute atomic E-state index is 0.160. The molecule has 1 aromatic carbocycles. The van der Waals surface area contributed by atoms with Crippen LogP contribution >= 0.6 is 0 Å². The van der Waals surface area contributed by atoms with Crippen LogP contribution < -0.4 is 5.32 Å². The molecule has 19 heavy (non-hydrogen) atoms. The van der Waals surface area contributed by atoms with E-state index in [-0.39, 0.29) is 5.82 Å². The topological polar surface area (TPSA) is 12.0 Å². The standard InChI is InChI=1S/C17H26FN/c1-13(14-6-8-15(18)9-7-14)19-16-5-4-11-17(2,3)12-10-16/h6-9,13,16,19H,4-5,10-12H2,1-3H3/t13-,16?/m1/s1. The van der Waals surface area contributed by atoms with E-state index in [1.165, 1.54) is 37.7 Å². The SMILES string of the molecule is C[C@@H](NC1CCCC(C)(C)CC1)c1ccc(F)cc1. The first-order valence-corrected chi connectivity index (χ1v) is 7.48. The van der Waals surface area contributed by atoms with Crippen LogP contribution in [0.3, 0.4) is 0 Å². The first-order valence-electron chi connectivity index (χ1n) is 7.48. The Kier molecular flexibility index (Phi) is 4.62. The van der Waals surface area contributed by atoms with Crippen molar-refractivity contribution in [1.82, 2.24) is 5.32 Å². The minimum Gasteiger partial charge on any atom is -0.307 e. The van der Waals surface area contributed by atoms with Gasteiger partial charge in [0.25, 0.3) is 0 Å². The van der Waals surface area contributed by atoms with Gasteiger partial charge in [0.15, 0.2) is 0 Å². The lowest BCUT2D eigenvalue weighted by Crippen LogP contribution is -2.31. The van der Waals surface area contributed by atoms with Gasteiger partial charge in [0.05, 0.1) is 0 Å². The van der Waals surface area contributed by atoms with Gasteiger partial charge in [-0.3, -0.25) is 0 Å². The van der Waals surface area contributed by atoms with Crippen molar-refractivity contribution in [2.75, 3.05) is 0 Å². The van der Waals surface area contributed by atoms with Gasteiger partial charge in [0.2, 0.25) is 0 Å². The Labute approximate surface area is 116 Å². The Balaban J connectivity index is 1.91. The Morgan fingerprint density at radius 1 is 1.16 bits per heavy atom. The molecule has 1 saturated carbocycles. The molecule has 1 aliphatic rings. The van der Waals surface area contributed by atoms with Gasteiger partial charge in [-0.2, -0.15) is 0 Å².